The zero-order chi connectivity index (χ0) is 11.8. The Morgan fingerprint density at radius 3 is 2.76 bits per heavy atom. The van der Waals surface area contributed by atoms with Gasteiger partial charge in [0.25, 0.3) is 0 Å². The van der Waals surface area contributed by atoms with Crippen molar-refractivity contribution in [1.82, 2.24) is 4.57 Å². The molecule has 0 saturated carbocycles. The third kappa shape index (κ3) is 1.56. The van der Waals surface area contributed by atoms with Crippen LogP contribution in [0.2, 0.25) is 0 Å². The van der Waals surface area contributed by atoms with Crippen LogP contribution in [0.5, 0.6) is 0 Å². The molecule has 1 unspecified atom stereocenters. The number of benzene rings is 1. The molecule has 3 rings (SSSR count). The van der Waals surface area contributed by atoms with Crippen molar-refractivity contribution in [3.8, 4) is 0 Å². The average Bonchev–Trinajstić information content (AvgIpc) is 2.97. The van der Waals surface area contributed by atoms with Gasteiger partial charge in [-0.25, -0.2) is 0 Å². The van der Waals surface area contributed by atoms with Crippen LogP contribution in [0.25, 0.3) is 10.9 Å². The maximum atomic E-state index is 6.23. The molecule has 1 atom stereocenters. The predicted octanol–water partition coefficient (Wildman–Crippen LogP) is 2.82. The molecule has 0 spiro atoms. The van der Waals surface area contributed by atoms with Gasteiger partial charge in [0.1, 0.15) is 5.76 Å². The highest BCUT2D eigenvalue weighted by Gasteiger charge is 2.16. The standard InChI is InChI=1S/C14H14N2O/c1-16-9-11(10-5-2-3-6-12(10)16)14(15)13-7-4-8-17-13/h2-9,14H,15H2,1H3. The van der Waals surface area contributed by atoms with Gasteiger partial charge in [-0.15, -0.1) is 0 Å². The van der Waals surface area contributed by atoms with Gasteiger partial charge < -0.3 is 14.7 Å². The zero-order valence-electron chi connectivity index (χ0n) is 9.63. The van der Waals surface area contributed by atoms with Gasteiger partial charge in [-0.3, -0.25) is 0 Å². The van der Waals surface area contributed by atoms with E-state index in [-0.39, 0.29) is 6.04 Å². The summed E-state index contributed by atoms with van der Waals surface area (Å²) in [6, 6.07) is 11.8. The Bertz CT molecular complexity index is 637. The number of aromatic nitrogens is 1. The fourth-order valence-corrected chi connectivity index (χ4v) is 2.24. The van der Waals surface area contributed by atoms with Crippen LogP contribution >= 0.6 is 0 Å². The fraction of sp³-hybridized carbons (Fsp3) is 0.143. The van der Waals surface area contributed by atoms with Crippen LogP contribution in [-0.4, -0.2) is 4.57 Å². The summed E-state index contributed by atoms with van der Waals surface area (Å²) < 4.78 is 7.46. The lowest BCUT2D eigenvalue weighted by Gasteiger charge is -2.06. The van der Waals surface area contributed by atoms with Gasteiger partial charge in [-0.05, 0) is 18.2 Å². The highest BCUT2D eigenvalue weighted by atomic mass is 16.3. The lowest BCUT2D eigenvalue weighted by molar-refractivity contribution is 0.490. The Morgan fingerprint density at radius 2 is 2.00 bits per heavy atom. The molecular weight excluding hydrogens is 212 g/mol. The molecule has 0 bridgehead atoms. The van der Waals surface area contributed by atoms with Crippen molar-refractivity contribution in [1.29, 1.82) is 0 Å². The summed E-state index contributed by atoms with van der Waals surface area (Å²) >= 11 is 0. The molecule has 2 heterocycles. The van der Waals surface area contributed by atoms with Gasteiger partial charge in [0.2, 0.25) is 0 Å². The summed E-state index contributed by atoms with van der Waals surface area (Å²) in [6.07, 6.45) is 3.72. The molecule has 0 fully saturated rings. The van der Waals surface area contributed by atoms with Crippen LogP contribution < -0.4 is 5.73 Å². The molecule has 3 nitrogen and oxygen atoms in total. The summed E-state index contributed by atoms with van der Waals surface area (Å²) in [4.78, 5) is 0. The minimum atomic E-state index is -0.212. The van der Waals surface area contributed by atoms with Gasteiger partial charge in [-0.2, -0.15) is 0 Å². The van der Waals surface area contributed by atoms with E-state index in [1.807, 2.05) is 31.3 Å². The number of fused-ring (bicyclic) bond motifs is 1. The minimum Gasteiger partial charge on any atom is -0.467 e. The summed E-state index contributed by atoms with van der Waals surface area (Å²) in [7, 11) is 2.03. The van der Waals surface area contributed by atoms with Crippen LogP contribution in [0, 0.1) is 0 Å². The van der Waals surface area contributed by atoms with E-state index in [0.29, 0.717) is 0 Å². The Hall–Kier alpha value is -2.00. The Labute approximate surface area is 99.5 Å². The van der Waals surface area contributed by atoms with E-state index in [9.17, 15) is 0 Å². The minimum absolute atomic E-state index is 0.212. The Kier molecular flexibility index (Phi) is 2.27. The molecule has 2 N–H and O–H groups in total. The van der Waals surface area contributed by atoms with Gasteiger partial charge >= 0.3 is 0 Å². The molecule has 0 saturated heterocycles. The third-order valence-electron chi connectivity index (χ3n) is 3.11. The van der Waals surface area contributed by atoms with E-state index in [1.54, 1.807) is 6.26 Å². The number of rotatable bonds is 2. The highest BCUT2D eigenvalue weighted by Crippen LogP contribution is 2.28. The number of furan rings is 1. The second kappa shape index (κ2) is 3.79. The van der Waals surface area contributed by atoms with Gasteiger partial charge in [0.15, 0.2) is 0 Å². The molecule has 17 heavy (non-hydrogen) atoms. The fourth-order valence-electron chi connectivity index (χ4n) is 2.24. The number of hydrogen-bond acceptors (Lipinski definition) is 2. The van der Waals surface area contributed by atoms with Crippen molar-refractivity contribution in [2.24, 2.45) is 12.8 Å². The molecular formula is C14H14N2O. The SMILES string of the molecule is Cn1cc(C(N)c2ccco2)c2ccccc21. The third-order valence-corrected chi connectivity index (χ3v) is 3.11. The normalized spacial score (nSPS) is 13.1. The van der Waals surface area contributed by atoms with E-state index in [1.165, 1.54) is 10.9 Å². The number of aryl methyl sites for hydroxylation is 1. The Morgan fingerprint density at radius 1 is 1.18 bits per heavy atom. The van der Waals surface area contributed by atoms with Crippen molar-refractivity contribution in [3.05, 3.63) is 60.2 Å². The summed E-state index contributed by atoms with van der Waals surface area (Å²) in [5.74, 6) is 0.793. The molecule has 86 valence electrons. The second-order valence-corrected chi connectivity index (χ2v) is 4.21. The molecule has 3 aromatic rings. The highest BCUT2D eigenvalue weighted by molar-refractivity contribution is 5.84. The van der Waals surface area contributed by atoms with Gasteiger partial charge in [0.05, 0.1) is 12.3 Å². The summed E-state index contributed by atoms with van der Waals surface area (Å²) in [6.45, 7) is 0. The van der Waals surface area contributed by atoms with E-state index >= 15 is 0 Å². The van der Waals surface area contributed by atoms with E-state index in [2.05, 4.69) is 22.9 Å². The van der Waals surface area contributed by atoms with Crippen molar-refractivity contribution in [3.63, 3.8) is 0 Å². The summed E-state index contributed by atoms with van der Waals surface area (Å²) in [5, 5.41) is 1.18. The first-order chi connectivity index (χ1) is 8.27. The second-order valence-electron chi connectivity index (χ2n) is 4.21. The monoisotopic (exact) mass is 226 g/mol. The first kappa shape index (κ1) is 10.2. The molecule has 0 aliphatic rings. The quantitative estimate of drug-likeness (QED) is 0.730. The molecule has 1 aromatic carbocycles. The number of nitrogens with two attached hydrogens (primary N) is 1. The zero-order valence-corrected chi connectivity index (χ0v) is 9.63. The van der Waals surface area contributed by atoms with Crippen LogP contribution in [0.3, 0.4) is 0 Å². The van der Waals surface area contributed by atoms with Crippen LogP contribution in [0.1, 0.15) is 17.4 Å². The smallest absolute Gasteiger partial charge is 0.125 e. The topological polar surface area (TPSA) is 44.1 Å². The molecule has 0 aliphatic heterocycles. The van der Waals surface area contributed by atoms with Crippen molar-refractivity contribution in [2.75, 3.05) is 0 Å². The molecule has 0 aliphatic carbocycles. The van der Waals surface area contributed by atoms with Crippen LogP contribution in [0.15, 0.2) is 53.3 Å². The maximum Gasteiger partial charge on any atom is 0.125 e. The number of para-hydroxylation sites is 1. The lowest BCUT2D eigenvalue weighted by atomic mass is 10.0. The summed E-state index contributed by atoms with van der Waals surface area (Å²) in [5.41, 5.74) is 8.51. The Balaban J connectivity index is 2.18. The number of nitrogens with zero attached hydrogens (tertiary/aromatic N) is 1. The first-order valence-electron chi connectivity index (χ1n) is 5.60. The van der Waals surface area contributed by atoms with Crippen LogP contribution in [0.4, 0.5) is 0 Å². The average molecular weight is 226 g/mol. The van der Waals surface area contributed by atoms with Crippen LogP contribution in [-0.2, 0) is 7.05 Å². The lowest BCUT2D eigenvalue weighted by Crippen LogP contribution is -2.10. The number of hydrogen-bond donors (Lipinski definition) is 1. The van der Waals surface area contributed by atoms with E-state index < -0.39 is 0 Å². The van der Waals surface area contributed by atoms with Gasteiger partial charge in [-0.1, -0.05) is 18.2 Å². The maximum absolute atomic E-state index is 6.23. The van der Waals surface area contributed by atoms with Crippen molar-refractivity contribution >= 4 is 10.9 Å². The predicted molar refractivity (Wildman–Crippen MR) is 67.7 cm³/mol. The largest absolute Gasteiger partial charge is 0.467 e. The molecule has 3 heteroatoms. The van der Waals surface area contributed by atoms with Crippen molar-refractivity contribution < 1.29 is 4.42 Å². The first-order valence-corrected chi connectivity index (χ1v) is 5.60. The molecule has 0 radical (unpaired) electrons. The van der Waals surface area contributed by atoms with Crippen molar-refractivity contribution in [2.45, 2.75) is 6.04 Å². The molecule has 0 amide bonds. The molecule has 2 aromatic heterocycles. The van der Waals surface area contributed by atoms with E-state index in [0.717, 1.165) is 11.3 Å². The van der Waals surface area contributed by atoms with E-state index in [4.69, 9.17) is 10.2 Å². The van der Waals surface area contributed by atoms with Gasteiger partial charge in [0, 0.05) is 29.7 Å².